The molecule has 1 unspecified atom stereocenters. The fourth-order valence-electron chi connectivity index (χ4n) is 2.09. The number of ether oxygens (including phenoxy) is 1. The average molecular weight is 330 g/mol. The Morgan fingerprint density at radius 3 is 2.09 bits per heavy atom. The second kappa shape index (κ2) is 9.50. The molecule has 0 aromatic carbocycles. The van der Waals surface area contributed by atoms with Crippen LogP contribution in [-0.4, -0.2) is 56.6 Å². The van der Waals surface area contributed by atoms with Crippen LogP contribution in [0.2, 0.25) is 0 Å². The Hall–Kier alpha value is -1.63. The summed E-state index contributed by atoms with van der Waals surface area (Å²) in [6.45, 7) is 9.84. The van der Waals surface area contributed by atoms with Crippen LogP contribution in [-0.2, 0) is 19.1 Å². The molecule has 134 valence electrons. The Bertz CT molecular complexity index is 418. The lowest BCUT2D eigenvalue weighted by atomic mass is 9.99. The molecule has 3 atom stereocenters. The molecule has 0 saturated heterocycles. The van der Waals surface area contributed by atoms with E-state index in [-0.39, 0.29) is 36.4 Å². The third-order valence-corrected chi connectivity index (χ3v) is 3.42. The second-order valence-electron chi connectivity index (χ2n) is 7.06. The molecule has 23 heavy (non-hydrogen) atoms. The molecule has 0 saturated carbocycles. The van der Waals surface area contributed by atoms with E-state index in [1.54, 1.807) is 7.05 Å². The van der Waals surface area contributed by atoms with Crippen molar-refractivity contribution in [2.75, 3.05) is 27.2 Å². The maximum atomic E-state index is 12.1. The van der Waals surface area contributed by atoms with Crippen LogP contribution in [0.1, 0.15) is 41.0 Å². The Morgan fingerprint density at radius 2 is 1.65 bits per heavy atom. The van der Waals surface area contributed by atoms with E-state index in [1.165, 1.54) is 7.11 Å². The molecule has 0 aromatic rings. The van der Waals surface area contributed by atoms with Gasteiger partial charge < -0.3 is 20.3 Å². The lowest BCUT2D eigenvalue weighted by Gasteiger charge is -2.23. The smallest absolute Gasteiger partial charge is 0.328 e. The van der Waals surface area contributed by atoms with Gasteiger partial charge in [0.05, 0.1) is 14.2 Å². The summed E-state index contributed by atoms with van der Waals surface area (Å²) >= 11 is 0. The first kappa shape index (κ1) is 21.4. The summed E-state index contributed by atoms with van der Waals surface area (Å²) in [5.74, 6) is -0.859. The highest BCUT2D eigenvalue weighted by Gasteiger charge is 2.28. The highest BCUT2D eigenvalue weighted by atomic mass is 16.5. The average Bonchev–Trinajstić information content (AvgIpc) is 2.40. The van der Waals surface area contributed by atoms with Crippen molar-refractivity contribution in [2.45, 2.75) is 52.6 Å². The molecule has 0 heterocycles. The van der Waals surface area contributed by atoms with Crippen molar-refractivity contribution in [3.63, 3.8) is 0 Å². The molecule has 0 radical (unpaired) electrons. The van der Waals surface area contributed by atoms with E-state index in [4.69, 9.17) is 4.74 Å². The lowest BCUT2D eigenvalue weighted by molar-refractivity contribution is -0.862. The molecule has 0 aliphatic rings. The van der Waals surface area contributed by atoms with Crippen LogP contribution in [0.15, 0.2) is 0 Å². The van der Waals surface area contributed by atoms with Crippen molar-refractivity contribution >= 4 is 17.8 Å². The van der Waals surface area contributed by atoms with Gasteiger partial charge in [0.25, 0.3) is 11.8 Å². The number of methoxy groups -OCH3 is 1. The maximum Gasteiger partial charge on any atom is 0.328 e. The van der Waals surface area contributed by atoms with Crippen LogP contribution in [0.4, 0.5) is 0 Å². The summed E-state index contributed by atoms with van der Waals surface area (Å²) in [5, 5.41) is 5.56. The van der Waals surface area contributed by atoms with Crippen LogP contribution < -0.4 is 15.5 Å². The third kappa shape index (κ3) is 9.18. The van der Waals surface area contributed by atoms with Crippen molar-refractivity contribution in [2.24, 2.45) is 5.92 Å². The van der Waals surface area contributed by atoms with Gasteiger partial charge in [0.15, 0.2) is 13.1 Å². The van der Waals surface area contributed by atoms with Gasteiger partial charge in [0.1, 0.15) is 6.04 Å². The highest BCUT2D eigenvalue weighted by molar-refractivity contribution is 5.85. The fourth-order valence-corrected chi connectivity index (χ4v) is 2.09. The van der Waals surface area contributed by atoms with Gasteiger partial charge in [-0.2, -0.15) is 0 Å². The highest BCUT2D eigenvalue weighted by Crippen LogP contribution is 2.08. The van der Waals surface area contributed by atoms with Gasteiger partial charge in [0, 0.05) is 5.54 Å². The van der Waals surface area contributed by atoms with E-state index in [0.29, 0.717) is 0 Å². The van der Waals surface area contributed by atoms with Crippen LogP contribution in [0, 0.1) is 5.92 Å². The van der Waals surface area contributed by atoms with Crippen LogP contribution in [0.3, 0.4) is 0 Å². The van der Waals surface area contributed by atoms with E-state index in [9.17, 15) is 14.4 Å². The van der Waals surface area contributed by atoms with Gasteiger partial charge in [-0.05, 0) is 26.7 Å². The number of nitrogens with one attached hydrogen (secondary N) is 3. The molecule has 0 fully saturated rings. The Morgan fingerprint density at radius 1 is 1.13 bits per heavy atom. The number of amides is 2. The first-order chi connectivity index (χ1) is 10.5. The summed E-state index contributed by atoms with van der Waals surface area (Å²) in [7, 11) is 3.07. The first-order valence-corrected chi connectivity index (χ1v) is 7.99. The van der Waals surface area contributed by atoms with Gasteiger partial charge in [0.2, 0.25) is 0 Å². The van der Waals surface area contributed by atoms with Gasteiger partial charge >= 0.3 is 5.97 Å². The number of hydrogen-bond acceptors (Lipinski definition) is 4. The van der Waals surface area contributed by atoms with Crippen molar-refractivity contribution in [3.05, 3.63) is 0 Å². The number of carbonyl (C=O) groups excluding carboxylic acids is 3. The van der Waals surface area contributed by atoms with Crippen LogP contribution in [0.25, 0.3) is 0 Å². The maximum absolute atomic E-state index is 12.1. The van der Waals surface area contributed by atoms with Gasteiger partial charge in [-0.15, -0.1) is 0 Å². The summed E-state index contributed by atoms with van der Waals surface area (Å²) in [6.07, 6.45) is 0.747. The molecule has 0 spiro atoms. The van der Waals surface area contributed by atoms with Gasteiger partial charge in [-0.3, -0.25) is 9.59 Å². The molecule has 7 nitrogen and oxygen atoms in total. The lowest BCUT2D eigenvalue weighted by Crippen LogP contribution is -3.11. The number of rotatable bonds is 8. The second-order valence-corrected chi connectivity index (χ2v) is 7.06. The van der Waals surface area contributed by atoms with Crippen molar-refractivity contribution in [1.29, 1.82) is 0 Å². The topological polar surface area (TPSA) is 88.9 Å². The summed E-state index contributed by atoms with van der Waals surface area (Å²) < 4.78 is 4.74. The molecule has 0 aliphatic heterocycles. The summed E-state index contributed by atoms with van der Waals surface area (Å²) in [5.41, 5.74) is -0.299. The van der Waals surface area contributed by atoms with Crippen LogP contribution in [0.5, 0.6) is 0 Å². The standard InChI is InChI=1S/C16H31N3O4/c1-8-11(2)14(15(22)23-7)17-12(20)9-19(6)10-13(21)18-16(3,4)5/h11,14H,8-10H2,1-7H3,(H,17,20)(H,18,21)/p+1/t11-,14+/m1/s1. The minimum atomic E-state index is -0.659. The minimum absolute atomic E-state index is 0.0177. The molecular formula is C16H32N3O4+. The summed E-state index contributed by atoms with van der Waals surface area (Å²) in [6, 6.07) is -0.659. The molecule has 0 bridgehead atoms. The normalized spacial score (nSPS) is 15.3. The largest absolute Gasteiger partial charge is 0.467 e. The monoisotopic (exact) mass is 330 g/mol. The van der Waals surface area contributed by atoms with E-state index < -0.39 is 12.0 Å². The number of likely N-dealkylation sites (N-methyl/N-ethyl adjacent to an activating group) is 1. The zero-order valence-electron chi connectivity index (χ0n) is 15.4. The van der Waals surface area contributed by atoms with Crippen LogP contribution >= 0.6 is 0 Å². The third-order valence-electron chi connectivity index (χ3n) is 3.42. The Kier molecular flexibility index (Phi) is 8.82. The van der Waals surface area contributed by atoms with E-state index >= 15 is 0 Å². The molecule has 2 amide bonds. The molecule has 0 rings (SSSR count). The van der Waals surface area contributed by atoms with E-state index in [2.05, 4.69) is 10.6 Å². The van der Waals surface area contributed by atoms with Crippen molar-refractivity contribution < 1.29 is 24.0 Å². The Labute approximate surface area is 139 Å². The number of hydrogen-bond donors (Lipinski definition) is 3. The van der Waals surface area contributed by atoms with Crippen molar-refractivity contribution in [1.82, 2.24) is 10.6 Å². The predicted octanol–water partition coefficient (Wildman–Crippen LogP) is -0.880. The van der Waals surface area contributed by atoms with Crippen molar-refractivity contribution in [3.8, 4) is 0 Å². The van der Waals surface area contributed by atoms with E-state index in [0.717, 1.165) is 11.3 Å². The first-order valence-electron chi connectivity index (χ1n) is 7.99. The number of carbonyl (C=O) groups is 3. The number of quaternary nitrogens is 1. The molecule has 0 aromatic heterocycles. The minimum Gasteiger partial charge on any atom is -0.467 e. The molecule has 3 N–H and O–H groups in total. The summed E-state index contributed by atoms with van der Waals surface area (Å²) in [4.78, 5) is 36.5. The quantitative estimate of drug-likeness (QED) is 0.504. The predicted molar refractivity (Wildman–Crippen MR) is 87.9 cm³/mol. The number of esters is 1. The molecular weight excluding hydrogens is 298 g/mol. The van der Waals surface area contributed by atoms with Gasteiger partial charge in [-0.1, -0.05) is 20.3 Å². The molecule has 7 heteroatoms. The van der Waals surface area contributed by atoms with E-state index in [1.807, 2.05) is 34.6 Å². The SMILES string of the molecule is CC[C@@H](C)[C@H](NC(=O)C[NH+](C)CC(=O)NC(C)(C)C)C(=O)OC. The zero-order valence-corrected chi connectivity index (χ0v) is 15.4. The Balaban J connectivity index is 4.50. The fraction of sp³-hybridized carbons (Fsp3) is 0.812. The van der Waals surface area contributed by atoms with Gasteiger partial charge in [-0.25, -0.2) is 4.79 Å². The molecule has 0 aliphatic carbocycles. The zero-order chi connectivity index (χ0) is 18.2.